The molecule has 0 aliphatic carbocycles. The normalized spacial score (nSPS) is 13.4. The molecule has 20 heavy (non-hydrogen) atoms. The number of carbonyl (C=O) groups excluding carboxylic acids is 1. The summed E-state index contributed by atoms with van der Waals surface area (Å²) in [5, 5.41) is -0.612. The van der Waals surface area contributed by atoms with Crippen molar-refractivity contribution in [2.24, 2.45) is 0 Å². The Balaban J connectivity index is 3.31. The fourth-order valence-electron chi connectivity index (χ4n) is 1.19. The molecule has 1 aromatic rings. The summed E-state index contributed by atoms with van der Waals surface area (Å²) in [5.41, 5.74) is -1.40. The minimum Gasteiger partial charge on any atom is -0.287 e. The maximum atomic E-state index is 13.1. The summed E-state index contributed by atoms with van der Waals surface area (Å²) in [7, 11) is 0. The average Bonchev–Trinajstić information content (AvgIpc) is 2.24. The van der Waals surface area contributed by atoms with Crippen molar-refractivity contribution < 1.29 is 39.9 Å². The summed E-state index contributed by atoms with van der Waals surface area (Å²) in [6.45, 7) is 0. The van der Waals surface area contributed by atoms with Gasteiger partial charge in [0.25, 0.3) is 0 Å². The van der Waals surface area contributed by atoms with E-state index in [1.54, 1.807) is 0 Å². The Bertz CT molecular complexity index is 516. The molecule has 0 saturated heterocycles. The number of Topliss-reactive ketones (excluding diaryl/α,β-unsaturated/α-hetero) is 1. The molecule has 0 bridgehead atoms. The average molecular weight is 327 g/mol. The summed E-state index contributed by atoms with van der Waals surface area (Å²) in [6.07, 6.45) is -6.65. The predicted molar refractivity (Wildman–Crippen MR) is 51.7 cm³/mol. The van der Waals surface area contributed by atoms with Crippen LogP contribution in [0.1, 0.15) is 10.4 Å². The zero-order valence-corrected chi connectivity index (χ0v) is 9.80. The molecule has 1 aromatic carbocycles. The van der Waals surface area contributed by atoms with E-state index in [1.165, 1.54) is 0 Å². The largest absolute Gasteiger partial charge is 0.460 e. The van der Waals surface area contributed by atoms with Crippen LogP contribution in [0.3, 0.4) is 0 Å². The molecule has 0 N–H and O–H groups in total. The van der Waals surface area contributed by atoms with Gasteiger partial charge in [-0.3, -0.25) is 4.79 Å². The lowest BCUT2D eigenvalue weighted by atomic mass is 10.00. The first-order valence-corrected chi connectivity index (χ1v) is 5.01. The van der Waals surface area contributed by atoms with Gasteiger partial charge >= 0.3 is 18.0 Å². The Kier molecular flexibility index (Phi) is 4.06. The molecule has 0 saturated carbocycles. The van der Waals surface area contributed by atoms with Crippen LogP contribution in [0.15, 0.2) is 18.2 Å². The van der Waals surface area contributed by atoms with E-state index < -0.39 is 40.2 Å². The topological polar surface area (TPSA) is 17.1 Å². The molecule has 0 heterocycles. The van der Waals surface area contributed by atoms with Crippen LogP contribution in [0, 0.1) is 5.82 Å². The second-order valence-electron chi connectivity index (χ2n) is 3.63. The van der Waals surface area contributed by atoms with Gasteiger partial charge < -0.3 is 0 Å². The van der Waals surface area contributed by atoms with E-state index in [9.17, 15) is 39.9 Å². The quantitative estimate of drug-likeness (QED) is 0.590. The van der Waals surface area contributed by atoms with Gasteiger partial charge in [0, 0.05) is 10.6 Å². The minimum atomic E-state index is -6.65. The molecule has 0 aliphatic heterocycles. The molecule has 0 atom stereocenters. The number of benzene rings is 1. The van der Waals surface area contributed by atoms with Crippen molar-refractivity contribution in [3.8, 4) is 0 Å². The van der Waals surface area contributed by atoms with E-state index in [-0.39, 0.29) is 6.07 Å². The van der Waals surface area contributed by atoms with Crippen LogP contribution in [0.5, 0.6) is 0 Å². The summed E-state index contributed by atoms with van der Waals surface area (Å²) in [6, 6.07) is 0.986. The van der Waals surface area contributed by atoms with Gasteiger partial charge in [0.2, 0.25) is 5.78 Å². The lowest BCUT2D eigenvalue weighted by molar-refractivity contribution is -0.339. The van der Waals surface area contributed by atoms with Crippen molar-refractivity contribution >= 4 is 17.4 Å². The van der Waals surface area contributed by atoms with Crippen molar-refractivity contribution in [3.63, 3.8) is 0 Å². The van der Waals surface area contributed by atoms with Crippen LogP contribution in [0.25, 0.3) is 0 Å². The first kappa shape index (κ1) is 16.7. The molecule has 0 aliphatic rings. The van der Waals surface area contributed by atoms with Gasteiger partial charge in [0.05, 0.1) is 0 Å². The summed E-state index contributed by atoms with van der Waals surface area (Å²) in [5.74, 6) is -16.9. The lowest BCUT2D eigenvalue weighted by Gasteiger charge is -2.27. The zero-order chi connectivity index (χ0) is 15.9. The summed E-state index contributed by atoms with van der Waals surface area (Å²) >= 11 is 5.20. The third kappa shape index (κ3) is 2.72. The Morgan fingerprint density at radius 1 is 0.950 bits per heavy atom. The van der Waals surface area contributed by atoms with Gasteiger partial charge in [0.15, 0.2) is 0 Å². The SMILES string of the molecule is O=C(c1cc(F)cc(Cl)c1)C(F)(F)C(F)(F)C(F)(F)F. The molecule has 10 heteroatoms. The molecule has 0 unspecified atom stereocenters. The molecule has 1 nitrogen and oxygen atoms in total. The van der Waals surface area contributed by atoms with Crippen molar-refractivity contribution in [3.05, 3.63) is 34.6 Å². The Hall–Kier alpha value is -1.38. The van der Waals surface area contributed by atoms with E-state index in [0.717, 1.165) is 0 Å². The molecule has 0 radical (unpaired) electrons. The van der Waals surface area contributed by atoms with E-state index >= 15 is 0 Å². The molecule has 0 aromatic heterocycles. The standard InChI is InChI=1S/C10H3ClF8O/c11-5-1-4(2-6(12)3-5)7(20)8(13,14)9(15,16)10(17,18)19/h1-3H. The number of hydrogen-bond acceptors (Lipinski definition) is 1. The van der Waals surface area contributed by atoms with Crippen molar-refractivity contribution in [1.29, 1.82) is 0 Å². The number of rotatable bonds is 3. The third-order valence-electron chi connectivity index (χ3n) is 2.16. The van der Waals surface area contributed by atoms with Gasteiger partial charge in [0.1, 0.15) is 5.82 Å². The van der Waals surface area contributed by atoms with Crippen molar-refractivity contribution in [2.45, 2.75) is 18.0 Å². The first-order valence-electron chi connectivity index (χ1n) is 4.64. The predicted octanol–water partition coefficient (Wildman–Crippen LogP) is 4.49. The molecule has 112 valence electrons. The van der Waals surface area contributed by atoms with Crippen LogP contribution < -0.4 is 0 Å². The number of alkyl halides is 7. The molecular weight excluding hydrogens is 324 g/mol. The molecular formula is C10H3ClF8O. The highest BCUT2D eigenvalue weighted by Crippen LogP contribution is 2.47. The molecule has 0 amide bonds. The van der Waals surface area contributed by atoms with Gasteiger partial charge in [-0.2, -0.15) is 30.7 Å². The Labute approximate surface area is 111 Å². The van der Waals surface area contributed by atoms with Crippen LogP contribution >= 0.6 is 11.6 Å². The minimum absolute atomic E-state index is 0.0780. The number of halogens is 9. The summed E-state index contributed by atoms with van der Waals surface area (Å²) < 4.78 is 99.8. The molecule has 0 spiro atoms. The maximum absolute atomic E-state index is 13.1. The van der Waals surface area contributed by atoms with E-state index in [1.807, 2.05) is 0 Å². The van der Waals surface area contributed by atoms with Gasteiger partial charge in [-0.15, -0.1) is 0 Å². The van der Waals surface area contributed by atoms with E-state index in [0.29, 0.717) is 12.1 Å². The monoisotopic (exact) mass is 326 g/mol. The Morgan fingerprint density at radius 2 is 1.45 bits per heavy atom. The Morgan fingerprint density at radius 3 is 1.85 bits per heavy atom. The molecule has 1 rings (SSSR count). The van der Waals surface area contributed by atoms with Crippen LogP contribution in [0.4, 0.5) is 35.1 Å². The fraction of sp³-hybridized carbons (Fsp3) is 0.300. The summed E-state index contributed by atoms with van der Waals surface area (Å²) in [4.78, 5) is 11.1. The highest BCUT2D eigenvalue weighted by atomic mass is 35.5. The number of ketones is 1. The van der Waals surface area contributed by atoms with Gasteiger partial charge in [-0.05, 0) is 18.2 Å². The van der Waals surface area contributed by atoms with Crippen molar-refractivity contribution in [1.82, 2.24) is 0 Å². The number of hydrogen-bond donors (Lipinski definition) is 0. The highest BCUT2D eigenvalue weighted by molar-refractivity contribution is 6.31. The van der Waals surface area contributed by atoms with Crippen LogP contribution in [0.2, 0.25) is 5.02 Å². The highest BCUT2D eigenvalue weighted by Gasteiger charge is 2.76. The van der Waals surface area contributed by atoms with Crippen LogP contribution in [-0.4, -0.2) is 23.8 Å². The van der Waals surface area contributed by atoms with E-state index in [4.69, 9.17) is 11.6 Å². The van der Waals surface area contributed by atoms with Gasteiger partial charge in [-0.1, -0.05) is 11.6 Å². The smallest absolute Gasteiger partial charge is 0.287 e. The first-order chi connectivity index (χ1) is 8.80. The second kappa shape index (κ2) is 4.87. The molecule has 0 fully saturated rings. The maximum Gasteiger partial charge on any atom is 0.460 e. The fourth-order valence-corrected chi connectivity index (χ4v) is 1.41. The zero-order valence-electron chi connectivity index (χ0n) is 9.04. The van der Waals surface area contributed by atoms with E-state index in [2.05, 4.69) is 0 Å². The lowest BCUT2D eigenvalue weighted by Crippen LogP contribution is -2.56. The van der Waals surface area contributed by atoms with Crippen molar-refractivity contribution in [2.75, 3.05) is 0 Å². The third-order valence-corrected chi connectivity index (χ3v) is 2.38. The number of carbonyl (C=O) groups is 1. The van der Waals surface area contributed by atoms with Gasteiger partial charge in [-0.25, -0.2) is 4.39 Å². The van der Waals surface area contributed by atoms with Crippen LogP contribution in [-0.2, 0) is 0 Å². The second-order valence-corrected chi connectivity index (χ2v) is 4.07.